The van der Waals surface area contributed by atoms with Crippen molar-refractivity contribution in [1.29, 1.82) is 5.26 Å². The lowest BCUT2D eigenvalue weighted by Gasteiger charge is -2.57. The van der Waals surface area contributed by atoms with Crippen LogP contribution < -0.4 is 0 Å². The molecule has 4 aliphatic rings. The van der Waals surface area contributed by atoms with E-state index in [1.807, 2.05) is 66.7 Å². The molecule has 1 heterocycles. The quantitative estimate of drug-likeness (QED) is 0.199. The Morgan fingerprint density at radius 3 is 1.76 bits per heavy atom. The highest BCUT2D eigenvalue weighted by Crippen LogP contribution is 2.60. The van der Waals surface area contributed by atoms with Gasteiger partial charge < -0.3 is 0 Å². The predicted octanol–water partition coefficient (Wildman–Crippen LogP) is 10.0. The second-order valence-electron chi connectivity index (χ2n) is 13.8. The normalized spacial score (nSPS) is 23.0. The fourth-order valence-corrected chi connectivity index (χ4v) is 9.33. The summed E-state index contributed by atoms with van der Waals surface area (Å²) in [6.45, 7) is 0. The fourth-order valence-electron chi connectivity index (χ4n) is 9.33. The van der Waals surface area contributed by atoms with E-state index in [-0.39, 0.29) is 0 Å². The molecule has 4 nitrogen and oxygen atoms in total. The molecule has 0 atom stereocenters. The van der Waals surface area contributed by atoms with Crippen LogP contribution in [0.3, 0.4) is 0 Å². The Kier molecular flexibility index (Phi) is 6.35. The third-order valence-electron chi connectivity index (χ3n) is 11.0. The number of hydrogen-bond acceptors (Lipinski definition) is 4. The maximum Gasteiger partial charge on any atom is 0.164 e. The van der Waals surface area contributed by atoms with Gasteiger partial charge >= 0.3 is 0 Å². The summed E-state index contributed by atoms with van der Waals surface area (Å²) in [5.41, 5.74) is 7.63. The topological polar surface area (TPSA) is 62.5 Å². The molecule has 222 valence electrons. The van der Waals surface area contributed by atoms with Crippen LogP contribution in [0.2, 0.25) is 0 Å². The van der Waals surface area contributed by atoms with Gasteiger partial charge in [0.2, 0.25) is 0 Å². The minimum atomic E-state index is 0.379. The van der Waals surface area contributed by atoms with E-state index in [0.29, 0.717) is 28.5 Å². The van der Waals surface area contributed by atoms with Crippen LogP contribution in [0.25, 0.3) is 56.1 Å². The average molecular weight is 595 g/mol. The highest BCUT2D eigenvalue weighted by atomic mass is 15.0. The van der Waals surface area contributed by atoms with Crippen LogP contribution in [0, 0.1) is 29.1 Å². The molecule has 6 aromatic rings. The number of hydrogen-bond donors (Lipinski definition) is 0. The molecule has 0 saturated heterocycles. The Morgan fingerprint density at radius 2 is 1.07 bits per heavy atom. The van der Waals surface area contributed by atoms with Gasteiger partial charge in [0.25, 0.3) is 0 Å². The average Bonchev–Trinajstić information content (AvgIpc) is 3.11. The van der Waals surface area contributed by atoms with Crippen molar-refractivity contribution in [2.45, 2.75) is 43.9 Å². The van der Waals surface area contributed by atoms with Crippen LogP contribution in [0.5, 0.6) is 0 Å². The number of fused-ring (bicyclic) bond motifs is 1. The SMILES string of the molecule is N#Cc1cccc2c(-c3nc(-c4ccccc4)nc(-c4ccccc4-c4ccc(C56C[C@H]7C[C@@H](C5)C[C@@H](C6)C7)cc4)n3)cccc12. The summed E-state index contributed by atoms with van der Waals surface area (Å²) in [6.07, 6.45) is 8.49. The summed E-state index contributed by atoms with van der Waals surface area (Å²) in [6, 6.07) is 42.2. The highest BCUT2D eigenvalue weighted by Gasteiger charge is 2.51. The maximum atomic E-state index is 9.78. The Bertz CT molecular complexity index is 2110. The Balaban J connectivity index is 1.16. The molecular formula is C42H34N4. The van der Waals surface area contributed by atoms with Crippen molar-refractivity contribution in [2.24, 2.45) is 17.8 Å². The van der Waals surface area contributed by atoms with Crippen LogP contribution in [0.4, 0.5) is 0 Å². The second-order valence-corrected chi connectivity index (χ2v) is 13.8. The largest absolute Gasteiger partial charge is 0.208 e. The number of rotatable bonds is 5. The number of benzene rings is 5. The third kappa shape index (κ3) is 4.53. The fraction of sp³-hybridized carbons (Fsp3) is 0.238. The maximum absolute atomic E-state index is 9.78. The molecule has 0 N–H and O–H groups in total. The van der Waals surface area contributed by atoms with Gasteiger partial charge in [0.1, 0.15) is 0 Å². The van der Waals surface area contributed by atoms with Crippen molar-refractivity contribution in [3.63, 3.8) is 0 Å². The van der Waals surface area contributed by atoms with Gasteiger partial charge in [-0.05, 0) is 89.8 Å². The summed E-state index contributed by atoms with van der Waals surface area (Å²) in [5.74, 6) is 4.64. The van der Waals surface area contributed by atoms with Crippen LogP contribution in [-0.2, 0) is 5.41 Å². The Hall–Kier alpha value is -5.14. The van der Waals surface area contributed by atoms with E-state index >= 15 is 0 Å². The molecule has 46 heavy (non-hydrogen) atoms. The molecule has 4 bridgehead atoms. The monoisotopic (exact) mass is 594 g/mol. The summed E-state index contributed by atoms with van der Waals surface area (Å²) in [4.78, 5) is 15.2. The second kappa shape index (κ2) is 10.7. The van der Waals surface area contributed by atoms with Gasteiger partial charge in [0.05, 0.1) is 11.6 Å². The van der Waals surface area contributed by atoms with E-state index in [1.54, 1.807) is 0 Å². The summed E-state index contributed by atoms with van der Waals surface area (Å²) < 4.78 is 0. The first-order valence-corrected chi connectivity index (χ1v) is 16.6. The molecule has 4 fully saturated rings. The molecule has 4 heteroatoms. The third-order valence-corrected chi connectivity index (χ3v) is 11.0. The van der Waals surface area contributed by atoms with Gasteiger partial charge in [-0.3, -0.25) is 0 Å². The van der Waals surface area contributed by atoms with Gasteiger partial charge in [0, 0.05) is 22.1 Å². The molecule has 0 spiro atoms. The summed E-state index contributed by atoms with van der Waals surface area (Å²) in [7, 11) is 0. The van der Waals surface area contributed by atoms with Crippen molar-refractivity contribution < 1.29 is 0 Å². The van der Waals surface area contributed by atoms with E-state index in [9.17, 15) is 5.26 Å². The van der Waals surface area contributed by atoms with Crippen molar-refractivity contribution in [2.75, 3.05) is 0 Å². The first kappa shape index (κ1) is 27.2. The van der Waals surface area contributed by atoms with E-state index in [1.165, 1.54) is 49.7 Å². The molecule has 5 aromatic carbocycles. The molecule has 0 unspecified atom stereocenters. The zero-order chi connectivity index (χ0) is 30.7. The minimum absolute atomic E-state index is 0.379. The number of nitrogens with zero attached hydrogens (tertiary/aromatic N) is 4. The molecule has 4 saturated carbocycles. The van der Waals surface area contributed by atoms with Crippen LogP contribution in [0.15, 0.2) is 115 Å². The lowest BCUT2D eigenvalue weighted by molar-refractivity contribution is -0.00518. The molecule has 0 amide bonds. The van der Waals surface area contributed by atoms with E-state index in [4.69, 9.17) is 15.0 Å². The number of nitriles is 1. The van der Waals surface area contributed by atoms with E-state index in [0.717, 1.165) is 50.8 Å². The molecule has 1 aromatic heterocycles. The molecule has 10 rings (SSSR count). The van der Waals surface area contributed by atoms with Crippen LogP contribution in [0.1, 0.15) is 49.7 Å². The summed E-state index contributed by atoms with van der Waals surface area (Å²) in [5, 5.41) is 11.6. The molecule has 4 aliphatic carbocycles. The van der Waals surface area contributed by atoms with Gasteiger partial charge in [-0.1, -0.05) is 109 Å². The van der Waals surface area contributed by atoms with E-state index in [2.05, 4.69) is 54.6 Å². The predicted molar refractivity (Wildman–Crippen MR) is 184 cm³/mol. The van der Waals surface area contributed by atoms with Gasteiger partial charge in [-0.2, -0.15) is 5.26 Å². The molecule has 0 radical (unpaired) electrons. The Labute approximate surface area is 269 Å². The van der Waals surface area contributed by atoms with Gasteiger partial charge in [-0.25, -0.2) is 15.0 Å². The zero-order valence-corrected chi connectivity index (χ0v) is 25.7. The van der Waals surface area contributed by atoms with Crippen molar-refractivity contribution in [3.8, 4) is 51.4 Å². The standard InChI is InChI=1S/C42H34N4/c43-26-32-10-6-14-36-35(32)13-7-15-38(36)41-45-39(31-8-2-1-3-9-31)44-40(46-41)37-12-5-4-11-34(37)30-16-18-33(19-17-30)42-23-27-20-28(24-42)22-29(21-27)25-42/h1-19,27-29H,20-25H2/t27-,28+,29-,42?. The molecular weight excluding hydrogens is 560 g/mol. The zero-order valence-electron chi connectivity index (χ0n) is 25.7. The first-order chi connectivity index (χ1) is 22.7. The lowest BCUT2D eigenvalue weighted by atomic mass is 9.48. The van der Waals surface area contributed by atoms with Gasteiger partial charge in [-0.15, -0.1) is 0 Å². The molecule has 0 aliphatic heterocycles. The van der Waals surface area contributed by atoms with Crippen molar-refractivity contribution >= 4 is 10.8 Å². The van der Waals surface area contributed by atoms with Crippen molar-refractivity contribution in [1.82, 2.24) is 15.0 Å². The summed E-state index contributed by atoms with van der Waals surface area (Å²) >= 11 is 0. The highest BCUT2D eigenvalue weighted by molar-refractivity contribution is 5.98. The first-order valence-electron chi connectivity index (χ1n) is 16.6. The number of aromatic nitrogens is 3. The lowest BCUT2D eigenvalue weighted by Crippen LogP contribution is -2.48. The van der Waals surface area contributed by atoms with Crippen molar-refractivity contribution in [3.05, 3.63) is 126 Å². The van der Waals surface area contributed by atoms with E-state index < -0.39 is 0 Å². The van der Waals surface area contributed by atoms with Gasteiger partial charge in [0.15, 0.2) is 17.5 Å². The smallest absolute Gasteiger partial charge is 0.164 e. The van der Waals surface area contributed by atoms with Crippen LogP contribution >= 0.6 is 0 Å². The van der Waals surface area contributed by atoms with Crippen LogP contribution in [-0.4, -0.2) is 15.0 Å². The Morgan fingerprint density at radius 1 is 0.500 bits per heavy atom. The minimum Gasteiger partial charge on any atom is -0.208 e.